The number of ether oxygens (including phenoxy) is 2. The number of pyridine rings is 2. The summed E-state index contributed by atoms with van der Waals surface area (Å²) in [4.78, 5) is 32.7. The minimum Gasteiger partial charge on any atom is -0.465 e. The average molecular weight is 480 g/mol. The molecular formula is C23H27F2N3O4S. The molecule has 0 aliphatic rings. The Morgan fingerprint density at radius 2 is 1.97 bits per heavy atom. The summed E-state index contributed by atoms with van der Waals surface area (Å²) in [6.45, 7) is 3.58. The molecule has 0 aliphatic heterocycles. The second-order valence-electron chi connectivity index (χ2n) is 7.40. The number of carbonyl (C=O) groups is 1. The van der Waals surface area contributed by atoms with Crippen molar-refractivity contribution in [1.29, 1.82) is 0 Å². The van der Waals surface area contributed by atoms with Crippen LogP contribution in [0.1, 0.15) is 12.5 Å². The van der Waals surface area contributed by atoms with Crippen LogP contribution in [0.25, 0.3) is 21.9 Å². The first-order valence-corrected chi connectivity index (χ1v) is 11.7. The number of aromatic nitrogens is 2. The Hall–Kier alpha value is -2.72. The zero-order valence-electron chi connectivity index (χ0n) is 19.1. The molecule has 0 aliphatic carbocycles. The maximum atomic E-state index is 13.3. The van der Waals surface area contributed by atoms with Crippen molar-refractivity contribution in [3.63, 3.8) is 0 Å². The Bertz CT molecular complexity index is 1220. The number of aryl methyl sites for hydroxylation is 1. The van der Waals surface area contributed by atoms with Gasteiger partial charge in [0.25, 0.3) is 6.43 Å². The number of methoxy groups -OCH3 is 1. The first-order chi connectivity index (χ1) is 15.8. The highest BCUT2D eigenvalue weighted by atomic mass is 32.2. The lowest BCUT2D eigenvalue weighted by Gasteiger charge is -2.24. The maximum Gasteiger partial charge on any atom is 0.326 e. The minimum absolute atomic E-state index is 0.165. The number of thioether (sulfide) groups is 1. The third kappa shape index (κ3) is 5.27. The molecule has 0 atom stereocenters. The number of hydrogen-bond acceptors (Lipinski definition) is 7. The van der Waals surface area contributed by atoms with Gasteiger partial charge in [-0.15, -0.1) is 11.8 Å². The van der Waals surface area contributed by atoms with E-state index in [4.69, 9.17) is 9.47 Å². The van der Waals surface area contributed by atoms with Crippen molar-refractivity contribution >= 4 is 45.5 Å². The van der Waals surface area contributed by atoms with Crippen LogP contribution in [0.2, 0.25) is 0 Å². The van der Waals surface area contributed by atoms with Crippen molar-refractivity contribution in [1.82, 2.24) is 9.55 Å². The van der Waals surface area contributed by atoms with Gasteiger partial charge >= 0.3 is 5.97 Å². The van der Waals surface area contributed by atoms with Gasteiger partial charge in [-0.25, -0.2) is 13.8 Å². The number of alkyl halides is 2. The van der Waals surface area contributed by atoms with Crippen molar-refractivity contribution < 1.29 is 23.0 Å². The molecule has 0 radical (unpaired) electrons. The molecule has 2 aromatic heterocycles. The Morgan fingerprint density at radius 3 is 2.61 bits per heavy atom. The molecule has 1 aromatic carbocycles. The largest absolute Gasteiger partial charge is 0.465 e. The topological polar surface area (TPSA) is 73.7 Å². The molecule has 0 N–H and O–H groups in total. The summed E-state index contributed by atoms with van der Waals surface area (Å²) < 4.78 is 38.3. The zero-order chi connectivity index (χ0) is 24.1. The lowest BCUT2D eigenvalue weighted by Crippen LogP contribution is -2.33. The van der Waals surface area contributed by atoms with Crippen LogP contribution in [-0.4, -0.2) is 61.6 Å². The molecule has 2 heterocycles. The Labute approximate surface area is 194 Å². The second kappa shape index (κ2) is 10.9. The van der Waals surface area contributed by atoms with E-state index in [9.17, 15) is 18.4 Å². The van der Waals surface area contributed by atoms with E-state index in [-0.39, 0.29) is 43.2 Å². The lowest BCUT2D eigenvalue weighted by molar-refractivity contribution is -0.143. The minimum atomic E-state index is -2.58. The molecule has 178 valence electrons. The van der Waals surface area contributed by atoms with Crippen molar-refractivity contribution in [2.24, 2.45) is 0 Å². The summed E-state index contributed by atoms with van der Waals surface area (Å²) >= 11 is 1.46. The maximum absolute atomic E-state index is 13.3. The number of fused-ring (bicyclic) bond motifs is 2. The van der Waals surface area contributed by atoms with Gasteiger partial charge in [-0.05, 0) is 43.9 Å². The van der Waals surface area contributed by atoms with Gasteiger partial charge in [0.15, 0.2) is 5.43 Å². The van der Waals surface area contributed by atoms with E-state index in [1.807, 2.05) is 19.2 Å². The lowest BCUT2D eigenvalue weighted by atomic mass is 10.1. The van der Waals surface area contributed by atoms with Crippen molar-refractivity contribution in [2.75, 3.05) is 44.6 Å². The van der Waals surface area contributed by atoms with Gasteiger partial charge in [0.05, 0.1) is 30.7 Å². The number of hydrogen-bond donors (Lipinski definition) is 0. The smallest absolute Gasteiger partial charge is 0.326 e. The molecule has 0 fully saturated rings. The van der Waals surface area contributed by atoms with Gasteiger partial charge in [0.1, 0.15) is 18.0 Å². The third-order valence-electron chi connectivity index (χ3n) is 5.25. The first-order valence-electron chi connectivity index (χ1n) is 10.5. The van der Waals surface area contributed by atoms with E-state index in [2.05, 4.69) is 4.98 Å². The monoisotopic (exact) mass is 479 g/mol. The van der Waals surface area contributed by atoms with Gasteiger partial charge < -0.3 is 18.9 Å². The molecule has 0 unspecified atom stereocenters. The predicted octanol–water partition coefficient (Wildman–Crippen LogP) is 3.86. The number of benzene rings is 1. The fourth-order valence-electron chi connectivity index (χ4n) is 3.79. The first kappa shape index (κ1) is 24.9. The highest BCUT2D eigenvalue weighted by Gasteiger charge is 2.21. The molecule has 0 saturated carbocycles. The van der Waals surface area contributed by atoms with Crippen LogP contribution in [0.4, 0.5) is 14.6 Å². The fraction of sp³-hybridized carbons (Fsp3) is 0.435. The van der Waals surface area contributed by atoms with E-state index in [1.54, 1.807) is 29.7 Å². The SMILES string of the molecule is CCOC(=O)Cn1c2nc(N(CCOC)CC(F)F)ccc2c(=O)c2ccc(C)c(SC)c21. The number of esters is 1. The number of nitrogens with zero attached hydrogens (tertiary/aromatic N) is 3. The number of rotatable bonds is 10. The van der Waals surface area contributed by atoms with Crippen molar-refractivity contribution in [3.05, 3.63) is 40.1 Å². The van der Waals surface area contributed by atoms with Gasteiger partial charge in [-0.2, -0.15) is 0 Å². The van der Waals surface area contributed by atoms with E-state index < -0.39 is 18.9 Å². The van der Waals surface area contributed by atoms with Crippen molar-refractivity contribution in [2.45, 2.75) is 31.7 Å². The Balaban J connectivity index is 2.35. The average Bonchev–Trinajstić information content (AvgIpc) is 2.78. The molecule has 3 rings (SSSR count). The number of anilines is 1. The van der Waals surface area contributed by atoms with Gasteiger partial charge in [0.2, 0.25) is 0 Å². The molecule has 0 saturated heterocycles. The molecular weight excluding hydrogens is 452 g/mol. The van der Waals surface area contributed by atoms with E-state index in [1.165, 1.54) is 23.8 Å². The second-order valence-corrected chi connectivity index (χ2v) is 8.22. The van der Waals surface area contributed by atoms with E-state index in [0.717, 1.165) is 10.5 Å². The molecule has 10 heteroatoms. The highest BCUT2D eigenvalue weighted by molar-refractivity contribution is 7.98. The quantitative estimate of drug-likeness (QED) is 0.248. The molecule has 0 spiro atoms. The van der Waals surface area contributed by atoms with Crippen LogP contribution < -0.4 is 10.3 Å². The van der Waals surface area contributed by atoms with Crippen LogP contribution in [-0.2, 0) is 20.8 Å². The summed E-state index contributed by atoms with van der Waals surface area (Å²) in [5.74, 6) is -0.206. The molecule has 0 bridgehead atoms. The molecule has 3 aromatic rings. The summed E-state index contributed by atoms with van der Waals surface area (Å²) in [5.41, 5.74) is 1.54. The van der Waals surface area contributed by atoms with Crippen LogP contribution in [0.15, 0.2) is 34.0 Å². The standard InChI is InChI=1S/C23H27F2N3O4S/c1-5-32-19(29)13-28-20-15(7-6-14(2)22(20)33-4)21(30)16-8-9-18(26-23(16)28)27(10-11-31-3)12-17(24)25/h6-9,17H,5,10-13H2,1-4H3. The van der Waals surface area contributed by atoms with E-state index >= 15 is 0 Å². The molecule has 0 amide bonds. The van der Waals surface area contributed by atoms with Gasteiger partial charge in [-0.3, -0.25) is 9.59 Å². The zero-order valence-corrected chi connectivity index (χ0v) is 19.9. The third-order valence-corrected chi connectivity index (χ3v) is 6.17. The van der Waals surface area contributed by atoms with Crippen molar-refractivity contribution in [3.8, 4) is 0 Å². The normalized spacial score (nSPS) is 11.5. The summed E-state index contributed by atoms with van der Waals surface area (Å²) in [6.07, 6.45) is -0.687. The Kier molecular flexibility index (Phi) is 8.25. The summed E-state index contributed by atoms with van der Waals surface area (Å²) in [5, 5.41) is 0.760. The van der Waals surface area contributed by atoms with Gasteiger partial charge in [0, 0.05) is 23.9 Å². The van der Waals surface area contributed by atoms with E-state index in [0.29, 0.717) is 16.3 Å². The number of halogens is 2. The van der Waals surface area contributed by atoms with Gasteiger partial charge in [-0.1, -0.05) is 6.07 Å². The highest BCUT2D eigenvalue weighted by Crippen LogP contribution is 2.31. The molecule has 33 heavy (non-hydrogen) atoms. The predicted molar refractivity (Wildman–Crippen MR) is 127 cm³/mol. The van der Waals surface area contributed by atoms with Crippen LogP contribution in [0, 0.1) is 6.92 Å². The fourth-order valence-corrected chi connectivity index (χ4v) is 4.59. The Morgan fingerprint density at radius 1 is 1.24 bits per heavy atom. The van der Waals surface area contributed by atoms with Crippen LogP contribution in [0.5, 0.6) is 0 Å². The van der Waals surface area contributed by atoms with Crippen LogP contribution in [0.3, 0.4) is 0 Å². The van der Waals surface area contributed by atoms with Crippen LogP contribution >= 0.6 is 11.8 Å². The summed E-state index contributed by atoms with van der Waals surface area (Å²) in [6, 6.07) is 6.73. The molecule has 7 nitrogen and oxygen atoms in total. The summed E-state index contributed by atoms with van der Waals surface area (Å²) in [7, 11) is 1.49. The number of carbonyl (C=O) groups excluding carboxylic acids is 1.